The third-order valence-electron chi connectivity index (χ3n) is 5.42. The van der Waals surface area contributed by atoms with Crippen molar-refractivity contribution in [2.45, 2.75) is 76.0 Å². The van der Waals surface area contributed by atoms with Crippen molar-refractivity contribution in [1.29, 1.82) is 0 Å². The van der Waals surface area contributed by atoms with Crippen LogP contribution in [0.5, 0.6) is 0 Å². The second-order valence-electron chi connectivity index (χ2n) is 6.77. The van der Waals surface area contributed by atoms with Gasteiger partial charge in [-0.05, 0) is 51.6 Å². The van der Waals surface area contributed by atoms with Crippen LogP contribution in [0, 0.1) is 0 Å². The summed E-state index contributed by atoms with van der Waals surface area (Å²) in [6.45, 7) is 6.91. The SMILES string of the molecule is CCNCC1CCCN1CC1CCC2(CCCC2)O1. The molecule has 1 saturated carbocycles. The molecule has 2 saturated heterocycles. The van der Waals surface area contributed by atoms with Crippen LogP contribution in [0.2, 0.25) is 0 Å². The molecule has 0 aromatic heterocycles. The minimum Gasteiger partial charge on any atom is -0.370 e. The Morgan fingerprint density at radius 1 is 1.16 bits per heavy atom. The zero-order valence-electron chi connectivity index (χ0n) is 12.5. The van der Waals surface area contributed by atoms with E-state index in [9.17, 15) is 0 Å². The molecule has 0 amide bonds. The molecule has 0 aromatic carbocycles. The zero-order valence-corrected chi connectivity index (χ0v) is 12.5. The monoisotopic (exact) mass is 266 g/mol. The molecule has 19 heavy (non-hydrogen) atoms. The molecule has 3 rings (SSSR count). The Kier molecular flexibility index (Phi) is 4.45. The van der Waals surface area contributed by atoms with Crippen LogP contribution < -0.4 is 5.32 Å². The molecule has 110 valence electrons. The van der Waals surface area contributed by atoms with Gasteiger partial charge in [-0.25, -0.2) is 0 Å². The first-order valence-corrected chi connectivity index (χ1v) is 8.44. The first-order chi connectivity index (χ1) is 9.31. The first kappa shape index (κ1) is 13.8. The second-order valence-corrected chi connectivity index (χ2v) is 6.77. The summed E-state index contributed by atoms with van der Waals surface area (Å²) in [7, 11) is 0. The Hall–Kier alpha value is -0.120. The van der Waals surface area contributed by atoms with E-state index in [-0.39, 0.29) is 0 Å². The molecular weight excluding hydrogens is 236 g/mol. The number of likely N-dealkylation sites (N-methyl/N-ethyl adjacent to an activating group) is 1. The molecule has 0 aromatic rings. The number of rotatable bonds is 5. The molecule has 2 aliphatic heterocycles. The van der Waals surface area contributed by atoms with Gasteiger partial charge in [0.05, 0.1) is 11.7 Å². The maximum Gasteiger partial charge on any atom is 0.0710 e. The number of nitrogens with one attached hydrogen (secondary N) is 1. The lowest BCUT2D eigenvalue weighted by atomic mass is 9.98. The molecule has 1 aliphatic carbocycles. The van der Waals surface area contributed by atoms with Gasteiger partial charge in [-0.1, -0.05) is 19.8 Å². The Balaban J connectivity index is 1.48. The van der Waals surface area contributed by atoms with Crippen LogP contribution in [0.25, 0.3) is 0 Å². The first-order valence-electron chi connectivity index (χ1n) is 8.44. The van der Waals surface area contributed by atoms with E-state index in [1.807, 2.05) is 0 Å². The van der Waals surface area contributed by atoms with Gasteiger partial charge in [0.1, 0.15) is 0 Å². The van der Waals surface area contributed by atoms with E-state index in [1.54, 1.807) is 0 Å². The van der Waals surface area contributed by atoms with E-state index in [1.165, 1.54) is 64.5 Å². The van der Waals surface area contributed by atoms with Crippen LogP contribution in [-0.2, 0) is 4.74 Å². The van der Waals surface area contributed by atoms with Gasteiger partial charge >= 0.3 is 0 Å². The standard InChI is InChI=1S/C16H30N2O/c1-2-17-12-14-6-5-11-18(14)13-15-7-10-16(19-15)8-3-4-9-16/h14-15,17H,2-13H2,1H3. The third kappa shape index (κ3) is 3.14. The molecule has 3 heteroatoms. The number of ether oxygens (including phenoxy) is 1. The van der Waals surface area contributed by atoms with Gasteiger partial charge in [-0.2, -0.15) is 0 Å². The second kappa shape index (κ2) is 6.11. The summed E-state index contributed by atoms with van der Waals surface area (Å²) in [4.78, 5) is 2.68. The molecule has 3 aliphatic rings. The van der Waals surface area contributed by atoms with Crippen molar-refractivity contribution >= 4 is 0 Å². The third-order valence-corrected chi connectivity index (χ3v) is 5.42. The van der Waals surface area contributed by atoms with E-state index in [0.29, 0.717) is 11.7 Å². The van der Waals surface area contributed by atoms with Crippen LogP contribution in [0.4, 0.5) is 0 Å². The average molecular weight is 266 g/mol. The molecule has 2 unspecified atom stereocenters. The fourth-order valence-corrected chi connectivity index (χ4v) is 4.35. The summed E-state index contributed by atoms with van der Waals surface area (Å²) in [5, 5.41) is 3.51. The summed E-state index contributed by atoms with van der Waals surface area (Å²) >= 11 is 0. The van der Waals surface area contributed by atoms with Crippen LogP contribution >= 0.6 is 0 Å². The maximum atomic E-state index is 6.46. The highest BCUT2D eigenvalue weighted by Crippen LogP contribution is 2.43. The average Bonchev–Trinajstić information content (AvgIpc) is 3.12. The Labute approximate surface area is 118 Å². The lowest BCUT2D eigenvalue weighted by Crippen LogP contribution is -2.42. The van der Waals surface area contributed by atoms with Crippen LogP contribution in [0.15, 0.2) is 0 Å². The van der Waals surface area contributed by atoms with Gasteiger partial charge in [0.25, 0.3) is 0 Å². The van der Waals surface area contributed by atoms with Crippen molar-refractivity contribution in [2.75, 3.05) is 26.2 Å². The summed E-state index contributed by atoms with van der Waals surface area (Å²) in [5.74, 6) is 0. The predicted octanol–water partition coefficient (Wildman–Crippen LogP) is 2.55. The zero-order chi connectivity index (χ0) is 13.1. The molecule has 1 spiro atoms. The quantitative estimate of drug-likeness (QED) is 0.827. The number of nitrogens with zero attached hydrogens (tertiary/aromatic N) is 1. The smallest absolute Gasteiger partial charge is 0.0710 e. The molecule has 3 fully saturated rings. The number of hydrogen-bond acceptors (Lipinski definition) is 3. The number of hydrogen-bond donors (Lipinski definition) is 1. The van der Waals surface area contributed by atoms with Crippen LogP contribution in [0.3, 0.4) is 0 Å². The molecule has 1 N–H and O–H groups in total. The Bertz CT molecular complexity index is 288. The van der Waals surface area contributed by atoms with Crippen molar-refractivity contribution in [2.24, 2.45) is 0 Å². The molecule has 3 nitrogen and oxygen atoms in total. The van der Waals surface area contributed by atoms with Gasteiger partial charge in [-0.15, -0.1) is 0 Å². The molecule has 0 bridgehead atoms. The van der Waals surface area contributed by atoms with E-state index in [2.05, 4.69) is 17.1 Å². The molecule has 2 heterocycles. The van der Waals surface area contributed by atoms with Crippen LogP contribution in [-0.4, -0.2) is 48.8 Å². The highest BCUT2D eigenvalue weighted by molar-refractivity contribution is 4.94. The van der Waals surface area contributed by atoms with Crippen molar-refractivity contribution in [3.05, 3.63) is 0 Å². The summed E-state index contributed by atoms with van der Waals surface area (Å²) < 4.78 is 6.46. The van der Waals surface area contributed by atoms with Gasteiger partial charge < -0.3 is 10.1 Å². The number of likely N-dealkylation sites (tertiary alicyclic amines) is 1. The lowest BCUT2D eigenvalue weighted by molar-refractivity contribution is -0.0483. The van der Waals surface area contributed by atoms with Gasteiger partial charge in [0.2, 0.25) is 0 Å². The lowest BCUT2D eigenvalue weighted by Gasteiger charge is -2.29. The summed E-state index contributed by atoms with van der Waals surface area (Å²) in [6.07, 6.45) is 11.3. The highest BCUT2D eigenvalue weighted by atomic mass is 16.5. The normalized spacial score (nSPS) is 34.6. The summed E-state index contributed by atoms with van der Waals surface area (Å²) in [6, 6.07) is 0.753. The largest absolute Gasteiger partial charge is 0.370 e. The topological polar surface area (TPSA) is 24.5 Å². The van der Waals surface area contributed by atoms with Crippen LogP contribution in [0.1, 0.15) is 58.3 Å². The van der Waals surface area contributed by atoms with Crippen molar-refractivity contribution in [1.82, 2.24) is 10.2 Å². The van der Waals surface area contributed by atoms with E-state index < -0.39 is 0 Å². The minimum atomic E-state index is 0.307. The Morgan fingerprint density at radius 2 is 2.00 bits per heavy atom. The van der Waals surface area contributed by atoms with Crippen molar-refractivity contribution in [3.63, 3.8) is 0 Å². The predicted molar refractivity (Wildman–Crippen MR) is 78.4 cm³/mol. The van der Waals surface area contributed by atoms with E-state index in [0.717, 1.165) is 19.1 Å². The summed E-state index contributed by atoms with van der Waals surface area (Å²) in [5.41, 5.74) is 0.307. The highest BCUT2D eigenvalue weighted by Gasteiger charge is 2.43. The maximum absolute atomic E-state index is 6.46. The van der Waals surface area contributed by atoms with Gasteiger partial charge in [-0.3, -0.25) is 4.90 Å². The fourth-order valence-electron chi connectivity index (χ4n) is 4.35. The van der Waals surface area contributed by atoms with Gasteiger partial charge in [0, 0.05) is 19.1 Å². The van der Waals surface area contributed by atoms with Crippen molar-refractivity contribution < 1.29 is 4.74 Å². The molecular formula is C16H30N2O. The Morgan fingerprint density at radius 3 is 2.79 bits per heavy atom. The molecule has 2 atom stereocenters. The van der Waals surface area contributed by atoms with E-state index in [4.69, 9.17) is 4.74 Å². The molecule has 0 radical (unpaired) electrons. The fraction of sp³-hybridized carbons (Fsp3) is 1.00. The minimum absolute atomic E-state index is 0.307. The van der Waals surface area contributed by atoms with Crippen molar-refractivity contribution in [3.8, 4) is 0 Å². The van der Waals surface area contributed by atoms with Gasteiger partial charge in [0.15, 0.2) is 0 Å². The van der Waals surface area contributed by atoms with E-state index >= 15 is 0 Å².